The van der Waals surface area contributed by atoms with Crippen LogP contribution in [0.1, 0.15) is 23.6 Å². The summed E-state index contributed by atoms with van der Waals surface area (Å²) in [6.07, 6.45) is 4.79. The Morgan fingerprint density at radius 2 is 1.89 bits per heavy atom. The standard InChI is InChI=1S/C20H26N6O/c27-19-16(2-3-18-17-10-15(11-21-12-17)13-26(18)19)14-24-6-8-25(9-7-24)20-22-4-1-5-23-20/h1-5,15,17,21H,6-14H2/t15-,17+/m0/s1. The molecule has 2 atom stereocenters. The van der Waals surface area contributed by atoms with Gasteiger partial charge in [-0.2, -0.15) is 0 Å². The molecule has 7 nitrogen and oxygen atoms in total. The molecule has 2 saturated heterocycles. The molecule has 5 heterocycles. The Labute approximate surface area is 159 Å². The third-order valence-corrected chi connectivity index (χ3v) is 6.19. The van der Waals surface area contributed by atoms with Gasteiger partial charge in [0.05, 0.1) is 0 Å². The van der Waals surface area contributed by atoms with Gasteiger partial charge in [0, 0.05) is 75.4 Å². The number of pyridine rings is 1. The van der Waals surface area contributed by atoms with Crippen LogP contribution in [-0.2, 0) is 13.1 Å². The number of anilines is 1. The number of piperazine rings is 1. The van der Waals surface area contributed by atoms with E-state index in [1.165, 1.54) is 12.1 Å². The molecule has 1 N–H and O–H groups in total. The van der Waals surface area contributed by atoms with E-state index in [0.717, 1.165) is 63.9 Å². The molecule has 0 amide bonds. The lowest BCUT2D eigenvalue weighted by Gasteiger charge is -2.38. The first kappa shape index (κ1) is 16.9. The van der Waals surface area contributed by atoms with Gasteiger partial charge in [-0.3, -0.25) is 9.69 Å². The van der Waals surface area contributed by atoms with E-state index >= 15 is 0 Å². The number of hydrogen-bond acceptors (Lipinski definition) is 6. The van der Waals surface area contributed by atoms with E-state index in [9.17, 15) is 4.79 Å². The van der Waals surface area contributed by atoms with Crippen LogP contribution in [0.25, 0.3) is 0 Å². The van der Waals surface area contributed by atoms with E-state index in [-0.39, 0.29) is 5.56 Å². The van der Waals surface area contributed by atoms with Gasteiger partial charge in [-0.1, -0.05) is 6.07 Å². The predicted molar refractivity (Wildman–Crippen MR) is 104 cm³/mol. The fourth-order valence-electron chi connectivity index (χ4n) is 4.76. The van der Waals surface area contributed by atoms with E-state index < -0.39 is 0 Å². The van der Waals surface area contributed by atoms with Crippen LogP contribution in [0, 0.1) is 5.92 Å². The second-order valence-electron chi connectivity index (χ2n) is 7.97. The molecule has 0 unspecified atom stereocenters. The van der Waals surface area contributed by atoms with Gasteiger partial charge < -0.3 is 14.8 Å². The Bertz CT molecular complexity index is 859. The Hall–Kier alpha value is -2.25. The smallest absolute Gasteiger partial charge is 0.255 e. The van der Waals surface area contributed by atoms with E-state index in [1.54, 1.807) is 12.4 Å². The maximum absolute atomic E-state index is 13.1. The number of nitrogens with one attached hydrogen (secondary N) is 1. The molecular weight excluding hydrogens is 340 g/mol. The predicted octanol–water partition coefficient (Wildman–Crippen LogP) is 0.667. The van der Waals surface area contributed by atoms with Gasteiger partial charge >= 0.3 is 0 Å². The van der Waals surface area contributed by atoms with Gasteiger partial charge in [0.25, 0.3) is 5.56 Å². The SMILES string of the molecule is O=c1c(CN2CCN(c3ncccn3)CC2)ccc2n1C[C@@H]1CNC[C@H]2C1. The summed E-state index contributed by atoms with van der Waals surface area (Å²) in [6, 6.07) is 6.10. The highest BCUT2D eigenvalue weighted by Crippen LogP contribution is 2.31. The van der Waals surface area contributed by atoms with E-state index in [0.29, 0.717) is 11.8 Å². The third-order valence-electron chi connectivity index (χ3n) is 6.19. The number of fused-ring (bicyclic) bond motifs is 4. The van der Waals surface area contributed by atoms with Crippen LogP contribution in [0.3, 0.4) is 0 Å². The quantitative estimate of drug-likeness (QED) is 0.861. The minimum atomic E-state index is 0.220. The highest BCUT2D eigenvalue weighted by Gasteiger charge is 2.31. The molecule has 2 bridgehead atoms. The molecule has 2 fully saturated rings. The van der Waals surface area contributed by atoms with Crippen molar-refractivity contribution in [1.82, 2.24) is 24.8 Å². The van der Waals surface area contributed by atoms with Gasteiger partial charge in [0.1, 0.15) is 0 Å². The van der Waals surface area contributed by atoms with Crippen LogP contribution in [0.5, 0.6) is 0 Å². The monoisotopic (exact) mass is 366 g/mol. The van der Waals surface area contributed by atoms with Crippen molar-refractivity contribution in [3.8, 4) is 0 Å². The summed E-state index contributed by atoms with van der Waals surface area (Å²) in [5.41, 5.74) is 2.37. The lowest BCUT2D eigenvalue weighted by atomic mass is 9.84. The summed E-state index contributed by atoms with van der Waals surface area (Å²) in [5, 5.41) is 3.51. The van der Waals surface area contributed by atoms with E-state index in [1.807, 2.05) is 6.07 Å². The fourth-order valence-corrected chi connectivity index (χ4v) is 4.76. The molecule has 142 valence electrons. The molecule has 0 aliphatic carbocycles. The van der Waals surface area contributed by atoms with E-state index in [2.05, 4.69) is 41.8 Å². The van der Waals surface area contributed by atoms with Gasteiger partial charge in [-0.05, 0) is 31.0 Å². The lowest BCUT2D eigenvalue weighted by molar-refractivity contribution is 0.240. The van der Waals surface area contributed by atoms with Gasteiger partial charge in [-0.25, -0.2) is 9.97 Å². The minimum Gasteiger partial charge on any atom is -0.338 e. The van der Waals surface area contributed by atoms with Crippen LogP contribution in [0.4, 0.5) is 5.95 Å². The van der Waals surface area contributed by atoms with Crippen molar-refractivity contribution in [2.24, 2.45) is 5.92 Å². The normalized spacial score (nSPS) is 25.3. The number of hydrogen-bond donors (Lipinski definition) is 1. The Morgan fingerprint density at radius 1 is 1.07 bits per heavy atom. The highest BCUT2D eigenvalue weighted by molar-refractivity contribution is 5.29. The number of aromatic nitrogens is 3. The van der Waals surface area contributed by atoms with Gasteiger partial charge in [-0.15, -0.1) is 0 Å². The summed E-state index contributed by atoms with van der Waals surface area (Å²) >= 11 is 0. The Morgan fingerprint density at radius 3 is 2.70 bits per heavy atom. The second kappa shape index (κ2) is 7.05. The van der Waals surface area contributed by atoms with Crippen molar-refractivity contribution >= 4 is 5.95 Å². The average Bonchev–Trinajstić information content (AvgIpc) is 2.72. The molecule has 7 heteroatoms. The van der Waals surface area contributed by atoms with Crippen molar-refractivity contribution in [2.75, 3.05) is 44.2 Å². The molecule has 0 aromatic carbocycles. The van der Waals surface area contributed by atoms with Crippen molar-refractivity contribution in [3.05, 3.63) is 52.2 Å². The second-order valence-corrected chi connectivity index (χ2v) is 7.97. The first-order valence-corrected chi connectivity index (χ1v) is 9.95. The van der Waals surface area contributed by atoms with Crippen molar-refractivity contribution in [1.29, 1.82) is 0 Å². The highest BCUT2D eigenvalue weighted by atomic mass is 16.1. The molecule has 5 rings (SSSR count). The molecule has 3 aliphatic rings. The molecule has 0 radical (unpaired) electrons. The van der Waals surface area contributed by atoms with E-state index in [4.69, 9.17) is 0 Å². The summed E-state index contributed by atoms with van der Waals surface area (Å²) < 4.78 is 2.06. The van der Waals surface area contributed by atoms with Gasteiger partial charge in [0.15, 0.2) is 0 Å². The third kappa shape index (κ3) is 3.26. The summed E-state index contributed by atoms with van der Waals surface area (Å²) in [5.74, 6) is 1.89. The summed E-state index contributed by atoms with van der Waals surface area (Å²) in [4.78, 5) is 26.4. The Balaban J connectivity index is 1.28. The van der Waals surface area contributed by atoms with Crippen LogP contribution in [-0.4, -0.2) is 58.7 Å². The minimum absolute atomic E-state index is 0.220. The van der Waals surface area contributed by atoms with Crippen LogP contribution >= 0.6 is 0 Å². The molecule has 27 heavy (non-hydrogen) atoms. The summed E-state index contributed by atoms with van der Waals surface area (Å²) in [7, 11) is 0. The average molecular weight is 366 g/mol. The Kier molecular flexibility index (Phi) is 4.41. The van der Waals surface area contributed by atoms with Crippen LogP contribution in [0.2, 0.25) is 0 Å². The topological polar surface area (TPSA) is 66.3 Å². The molecule has 0 saturated carbocycles. The molecule has 2 aromatic heterocycles. The van der Waals surface area contributed by atoms with Crippen LogP contribution in [0.15, 0.2) is 35.4 Å². The van der Waals surface area contributed by atoms with Gasteiger partial charge in [0.2, 0.25) is 5.95 Å². The lowest BCUT2D eigenvalue weighted by Crippen LogP contribution is -2.48. The zero-order valence-corrected chi connectivity index (χ0v) is 15.5. The molecule has 0 spiro atoms. The summed E-state index contributed by atoms with van der Waals surface area (Å²) in [6.45, 7) is 7.27. The van der Waals surface area contributed by atoms with Crippen molar-refractivity contribution < 1.29 is 0 Å². The molecular formula is C20H26N6O. The van der Waals surface area contributed by atoms with Crippen molar-refractivity contribution in [2.45, 2.75) is 25.4 Å². The first-order chi connectivity index (χ1) is 13.3. The van der Waals surface area contributed by atoms with Crippen molar-refractivity contribution in [3.63, 3.8) is 0 Å². The number of nitrogens with zero attached hydrogens (tertiary/aromatic N) is 5. The molecule has 3 aliphatic heterocycles. The largest absolute Gasteiger partial charge is 0.338 e. The zero-order valence-electron chi connectivity index (χ0n) is 15.5. The maximum atomic E-state index is 13.1. The number of rotatable bonds is 3. The zero-order chi connectivity index (χ0) is 18.2. The fraction of sp³-hybridized carbons (Fsp3) is 0.550. The molecule has 2 aromatic rings. The van der Waals surface area contributed by atoms with Crippen LogP contribution < -0.4 is 15.8 Å². The first-order valence-electron chi connectivity index (χ1n) is 9.95. The maximum Gasteiger partial charge on any atom is 0.255 e. The number of piperidine rings is 1.